The van der Waals surface area contributed by atoms with Gasteiger partial charge in [0.05, 0.1) is 18.2 Å². The topological polar surface area (TPSA) is 71.8 Å². The Kier molecular flexibility index (Phi) is 5.65. The zero-order valence-electron chi connectivity index (χ0n) is 19.9. The van der Waals surface area contributed by atoms with Crippen LogP contribution in [0, 0.1) is 6.92 Å². The van der Waals surface area contributed by atoms with Crippen LogP contribution in [0.15, 0.2) is 84.6 Å². The van der Waals surface area contributed by atoms with Crippen LogP contribution in [-0.2, 0) is 16.6 Å². The third-order valence-electron chi connectivity index (χ3n) is 6.45. The first-order valence-electron chi connectivity index (χ1n) is 11.6. The molecule has 35 heavy (non-hydrogen) atoms. The molecule has 0 spiro atoms. The van der Waals surface area contributed by atoms with Crippen molar-refractivity contribution in [3.8, 4) is 5.75 Å². The number of aryl methyl sites for hydroxylation is 2. The molecule has 0 aliphatic carbocycles. The van der Waals surface area contributed by atoms with Crippen LogP contribution in [-0.4, -0.2) is 28.0 Å². The van der Waals surface area contributed by atoms with Crippen molar-refractivity contribution in [1.82, 2.24) is 4.57 Å². The van der Waals surface area contributed by atoms with Crippen LogP contribution in [0.2, 0.25) is 0 Å². The van der Waals surface area contributed by atoms with Crippen molar-refractivity contribution in [2.24, 2.45) is 7.05 Å². The lowest BCUT2D eigenvalue weighted by atomic mass is 9.94. The number of fused-ring (bicyclic) bond motifs is 1. The van der Waals surface area contributed by atoms with Crippen molar-refractivity contribution < 1.29 is 19.4 Å². The van der Waals surface area contributed by atoms with Gasteiger partial charge in [-0.25, -0.2) is 0 Å². The van der Waals surface area contributed by atoms with Crippen LogP contribution in [0.4, 0.5) is 5.69 Å². The van der Waals surface area contributed by atoms with Gasteiger partial charge < -0.3 is 14.4 Å². The van der Waals surface area contributed by atoms with Gasteiger partial charge in [-0.1, -0.05) is 36.4 Å². The van der Waals surface area contributed by atoms with E-state index in [0.29, 0.717) is 23.6 Å². The normalized spacial score (nSPS) is 17.3. The first-order valence-corrected chi connectivity index (χ1v) is 11.6. The molecular formula is C29H26N2O4. The molecule has 1 unspecified atom stereocenters. The number of hydrogen-bond acceptors (Lipinski definition) is 4. The fraction of sp³-hybridized carbons (Fsp3) is 0.172. The Bertz CT molecular complexity index is 1480. The van der Waals surface area contributed by atoms with Crippen LogP contribution in [0.1, 0.15) is 29.7 Å². The molecule has 0 bridgehead atoms. The summed E-state index contributed by atoms with van der Waals surface area (Å²) in [5, 5.41) is 12.4. The van der Waals surface area contributed by atoms with E-state index in [1.807, 2.05) is 74.1 Å². The molecule has 2 heterocycles. The van der Waals surface area contributed by atoms with Gasteiger partial charge in [-0.05, 0) is 55.8 Å². The highest BCUT2D eigenvalue weighted by Crippen LogP contribution is 2.44. The Labute approximate surface area is 203 Å². The smallest absolute Gasteiger partial charge is 0.300 e. The average Bonchev–Trinajstić information content (AvgIpc) is 3.34. The molecule has 1 fully saturated rings. The summed E-state index contributed by atoms with van der Waals surface area (Å²) < 4.78 is 7.59. The number of para-hydroxylation sites is 2. The van der Waals surface area contributed by atoms with Gasteiger partial charge in [0.2, 0.25) is 0 Å². The van der Waals surface area contributed by atoms with Gasteiger partial charge in [0, 0.05) is 41.0 Å². The zero-order valence-corrected chi connectivity index (χ0v) is 19.9. The van der Waals surface area contributed by atoms with E-state index < -0.39 is 17.7 Å². The summed E-state index contributed by atoms with van der Waals surface area (Å²) in [4.78, 5) is 28.3. The molecule has 1 aromatic heterocycles. The van der Waals surface area contributed by atoms with E-state index in [0.717, 1.165) is 22.0 Å². The summed E-state index contributed by atoms with van der Waals surface area (Å²) in [6.45, 7) is 4.31. The number of benzene rings is 3. The Morgan fingerprint density at radius 2 is 1.71 bits per heavy atom. The summed E-state index contributed by atoms with van der Waals surface area (Å²) in [6, 6.07) is 21.4. The number of ketones is 1. The maximum atomic E-state index is 13.4. The molecule has 1 N–H and O–H groups in total. The Morgan fingerprint density at radius 3 is 2.43 bits per heavy atom. The maximum absolute atomic E-state index is 13.4. The van der Waals surface area contributed by atoms with Crippen LogP contribution < -0.4 is 9.64 Å². The first kappa shape index (κ1) is 22.5. The minimum Gasteiger partial charge on any atom is -0.507 e. The van der Waals surface area contributed by atoms with Crippen molar-refractivity contribution in [2.75, 3.05) is 11.5 Å². The van der Waals surface area contributed by atoms with Crippen LogP contribution >= 0.6 is 0 Å². The van der Waals surface area contributed by atoms with E-state index in [4.69, 9.17) is 4.74 Å². The fourth-order valence-electron chi connectivity index (χ4n) is 4.84. The molecule has 0 radical (unpaired) electrons. The lowest BCUT2D eigenvalue weighted by molar-refractivity contribution is -0.132. The fourth-order valence-corrected chi connectivity index (χ4v) is 4.84. The third-order valence-corrected chi connectivity index (χ3v) is 6.45. The van der Waals surface area contributed by atoms with Gasteiger partial charge in [0.15, 0.2) is 0 Å². The van der Waals surface area contributed by atoms with E-state index in [1.165, 1.54) is 4.90 Å². The number of amides is 1. The first-order chi connectivity index (χ1) is 16.9. The van der Waals surface area contributed by atoms with Crippen LogP contribution in [0.5, 0.6) is 5.75 Å². The van der Waals surface area contributed by atoms with Crippen molar-refractivity contribution in [3.63, 3.8) is 0 Å². The van der Waals surface area contributed by atoms with Gasteiger partial charge in [-0.3, -0.25) is 14.5 Å². The summed E-state index contributed by atoms with van der Waals surface area (Å²) in [5.74, 6) is -0.876. The summed E-state index contributed by atoms with van der Waals surface area (Å²) in [7, 11) is 1.93. The average molecular weight is 467 g/mol. The SMILES string of the molecule is CCOc1ccc(/C(O)=C2\C(=O)C(=O)N(c3ccccc3)C2c2cn(C)c3ccccc23)cc1C. The number of aliphatic hydroxyl groups excluding tert-OH is 1. The molecule has 4 aromatic rings. The van der Waals surface area contributed by atoms with E-state index in [1.54, 1.807) is 30.3 Å². The number of aliphatic hydroxyl groups is 1. The molecule has 1 atom stereocenters. The van der Waals surface area contributed by atoms with Gasteiger partial charge >= 0.3 is 0 Å². The van der Waals surface area contributed by atoms with Gasteiger partial charge in [-0.2, -0.15) is 0 Å². The lowest BCUT2D eigenvalue weighted by Gasteiger charge is -2.25. The molecular weight excluding hydrogens is 440 g/mol. The standard InChI is InChI=1S/C29H26N2O4/c1-4-35-24-15-14-19(16-18(24)2)27(32)25-26(22-17-30(3)23-13-9-8-12-21(22)23)31(29(34)28(25)33)20-10-6-5-7-11-20/h5-17,26,32H,4H2,1-3H3/b27-25+. The predicted molar refractivity (Wildman–Crippen MR) is 136 cm³/mol. The molecule has 6 heteroatoms. The van der Waals surface area contributed by atoms with Gasteiger partial charge in [-0.15, -0.1) is 0 Å². The minimum absolute atomic E-state index is 0.0683. The second-order valence-electron chi connectivity index (χ2n) is 8.63. The molecule has 1 amide bonds. The number of rotatable bonds is 5. The summed E-state index contributed by atoms with van der Waals surface area (Å²) in [5.41, 5.74) is 3.69. The lowest BCUT2D eigenvalue weighted by Crippen LogP contribution is -2.29. The van der Waals surface area contributed by atoms with Gasteiger partial charge in [0.1, 0.15) is 11.5 Å². The van der Waals surface area contributed by atoms with E-state index in [-0.39, 0.29) is 11.3 Å². The number of ether oxygens (including phenoxy) is 1. The summed E-state index contributed by atoms with van der Waals surface area (Å²) in [6.07, 6.45) is 1.92. The minimum atomic E-state index is -0.782. The van der Waals surface area contributed by atoms with Gasteiger partial charge in [0.25, 0.3) is 11.7 Å². The van der Waals surface area contributed by atoms with E-state index in [2.05, 4.69) is 0 Å². The Hall–Kier alpha value is -4.32. The second kappa shape index (κ2) is 8.80. The summed E-state index contributed by atoms with van der Waals surface area (Å²) >= 11 is 0. The monoisotopic (exact) mass is 466 g/mol. The molecule has 6 nitrogen and oxygen atoms in total. The maximum Gasteiger partial charge on any atom is 0.300 e. The van der Waals surface area contributed by atoms with Crippen molar-refractivity contribution >= 4 is 34.0 Å². The van der Waals surface area contributed by atoms with Crippen molar-refractivity contribution in [3.05, 3.63) is 101 Å². The zero-order chi connectivity index (χ0) is 24.7. The quantitative estimate of drug-likeness (QED) is 0.239. The Balaban J connectivity index is 1.76. The van der Waals surface area contributed by atoms with E-state index >= 15 is 0 Å². The highest BCUT2D eigenvalue weighted by atomic mass is 16.5. The molecule has 5 rings (SSSR count). The molecule has 176 valence electrons. The van der Waals surface area contributed by atoms with Crippen LogP contribution in [0.3, 0.4) is 0 Å². The number of aromatic nitrogens is 1. The largest absolute Gasteiger partial charge is 0.507 e. The molecule has 1 aliphatic rings. The highest BCUT2D eigenvalue weighted by molar-refractivity contribution is 6.51. The number of Topliss-reactive ketones (excluding diaryl/α,β-unsaturated/α-hetero) is 1. The number of anilines is 1. The molecule has 3 aromatic carbocycles. The molecule has 1 saturated heterocycles. The highest BCUT2D eigenvalue weighted by Gasteiger charge is 2.47. The molecule has 1 aliphatic heterocycles. The third kappa shape index (κ3) is 3.67. The predicted octanol–water partition coefficient (Wildman–Crippen LogP) is 5.51. The van der Waals surface area contributed by atoms with Crippen LogP contribution in [0.25, 0.3) is 16.7 Å². The molecule has 0 saturated carbocycles. The second-order valence-corrected chi connectivity index (χ2v) is 8.63. The number of carbonyl (C=O) groups is 2. The van der Waals surface area contributed by atoms with Crippen molar-refractivity contribution in [1.29, 1.82) is 0 Å². The van der Waals surface area contributed by atoms with Crippen molar-refractivity contribution in [2.45, 2.75) is 19.9 Å². The number of carbonyl (C=O) groups excluding carboxylic acids is 2. The van der Waals surface area contributed by atoms with E-state index in [9.17, 15) is 14.7 Å². The Morgan fingerprint density at radius 1 is 1.00 bits per heavy atom. The number of hydrogen-bond donors (Lipinski definition) is 1. The number of nitrogens with zero attached hydrogens (tertiary/aromatic N) is 2.